The van der Waals surface area contributed by atoms with Crippen molar-refractivity contribution in [3.8, 4) is 11.4 Å². The van der Waals surface area contributed by atoms with E-state index in [1.165, 1.54) is 11.1 Å². The molecular formula is C21H24N4O. The number of aryl methyl sites for hydroxylation is 1. The van der Waals surface area contributed by atoms with Crippen molar-refractivity contribution in [2.45, 2.75) is 20.0 Å². The third kappa shape index (κ3) is 4.18. The zero-order valence-corrected chi connectivity index (χ0v) is 15.1. The van der Waals surface area contributed by atoms with Crippen LogP contribution in [0.25, 0.3) is 11.4 Å². The Morgan fingerprint density at radius 1 is 0.885 bits per heavy atom. The average Bonchev–Trinajstić information content (AvgIpc) is 3.13. The average molecular weight is 348 g/mol. The molecule has 1 saturated heterocycles. The van der Waals surface area contributed by atoms with Crippen molar-refractivity contribution < 1.29 is 4.52 Å². The molecule has 0 radical (unpaired) electrons. The van der Waals surface area contributed by atoms with Crippen LogP contribution in [0.3, 0.4) is 0 Å². The number of piperazine rings is 1. The van der Waals surface area contributed by atoms with E-state index in [1.807, 2.05) is 12.1 Å². The van der Waals surface area contributed by atoms with Gasteiger partial charge in [0.2, 0.25) is 11.7 Å². The molecule has 5 heteroatoms. The zero-order valence-electron chi connectivity index (χ0n) is 15.1. The SMILES string of the molecule is Cc1cccc(-c2noc(CN3CCN(Cc4ccccc4)CC3)n2)c1. The molecule has 1 aliphatic rings. The number of hydrogen-bond acceptors (Lipinski definition) is 5. The minimum Gasteiger partial charge on any atom is -0.338 e. The van der Waals surface area contributed by atoms with Crippen LogP contribution < -0.4 is 0 Å². The van der Waals surface area contributed by atoms with E-state index in [0.717, 1.165) is 44.8 Å². The summed E-state index contributed by atoms with van der Waals surface area (Å²) in [5, 5.41) is 4.14. The van der Waals surface area contributed by atoms with Crippen LogP contribution in [0, 0.1) is 6.92 Å². The molecule has 2 heterocycles. The van der Waals surface area contributed by atoms with Crippen LogP contribution in [0.15, 0.2) is 59.1 Å². The summed E-state index contributed by atoms with van der Waals surface area (Å²) in [6.45, 7) is 7.98. The maximum Gasteiger partial charge on any atom is 0.241 e. The molecule has 2 aromatic carbocycles. The van der Waals surface area contributed by atoms with Crippen molar-refractivity contribution in [1.29, 1.82) is 0 Å². The Kier molecular flexibility index (Phi) is 5.09. The molecular weight excluding hydrogens is 324 g/mol. The first-order valence-electron chi connectivity index (χ1n) is 9.14. The van der Waals surface area contributed by atoms with E-state index in [4.69, 9.17) is 4.52 Å². The highest BCUT2D eigenvalue weighted by Gasteiger charge is 2.19. The largest absolute Gasteiger partial charge is 0.338 e. The number of hydrogen-bond donors (Lipinski definition) is 0. The Labute approximate surface area is 154 Å². The van der Waals surface area contributed by atoms with Crippen LogP contribution in [0.1, 0.15) is 17.0 Å². The van der Waals surface area contributed by atoms with Crippen molar-refractivity contribution in [2.75, 3.05) is 26.2 Å². The van der Waals surface area contributed by atoms with Crippen LogP contribution in [0.5, 0.6) is 0 Å². The second-order valence-corrected chi connectivity index (χ2v) is 6.92. The summed E-state index contributed by atoms with van der Waals surface area (Å²) in [4.78, 5) is 9.45. The van der Waals surface area contributed by atoms with Gasteiger partial charge < -0.3 is 4.52 Å². The van der Waals surface area contributed by atoms with Crippen molar-refractivity contribution >= 4 is 0 Å². The number of nitrogens with zero attached hydrogens (tertiary/aromatic N) is 4. The van der Waals surface area contributed by atoms with Gasteiger partial charge in [-0.3, -0.25) is 9.80 Å². The molecule has 0 spiro atoms. The molecule has 0 unspecified atom stereocenters. The predicted molar refractivity (Wildman–Crippen MR) is 101 cm³/mol. The van der Waals surface area contributed by atoms with Gasteiger partial charge in [0, 0.05) is 38.3 Å². The third-order valence-electron chi connectivity index (χ3n) is 4.82. The van der Waals surface area contributed by atoms with Gasteiger partial charge >= 0.3 is 0 Å². The number of aromatic nitrogens is 2. The fraction of sp³-hybridized carbons (Fsp3) is 0.333. The molecule has 0 amide bonds. The van der Waals surface area contributed by atoms with Gasteiger partial charge in [-0.15, -0.1) is 0 Å². The highest BCUT2D eigenvalue weighted by molar-refractivity contribution is 5.55. The van der Waals surface area contributed by atoms with E-state index < -0.39 is 0 Å². The molecule has 4 rings (SSSR count). The van der Waals surface area contributed by atoms with Crippen molar-refractivity contribution in [3.63, 3.8) is 0 Å². The molecule has 0 atom stereocenters. The van der Waals surface area contributed by atoms with E-state index in [1.54, 1.807) is 0 Å². The minimum absolute atomic E-state index is 0.673. The smallest absolute Gasteiger partial charge is 0.241 e. The van der Waals surface area contributed by atoms with Gasteiger partial charge in [-0.1, -0.05) is 59.3 Å². The maximum atomic E-state index is 5.47. The first-order valence-corrected chi connectivity index (χ1v) is 9.14. The maximum absolute atomic E-state index is 5.47. The highest BCUT2D eigenvalue weighted by Crippen LogP contribution is 2.18. The normalized spacial score (nSPS) is 16.0. The van der Waals surface area contributed by atoms with Crippen LogP contribution >= 0.6 is 0 Å². The first-order chi connectivity index (χ1) is 12.8. The molecule has 1 aromatic heterocycles. The summed E-state index contributed by atoms with van der Waals surface area (Å²) in [7, 11) is 0. The standard InChI is InChI=1S/C21H24N4O/c1-17-6-5-9-19(14-17)21-22-20(26-23-21)16-25-12-10-24(11-13-25)15-18-7-3-2-4-8-18/h2-9,14H,10-13,15-16H2,1H3. The molecule has 1 aliphatic heterocycles. The third-order valence-corrected chi connectivity index (χ3v) is 4.82. The van der Waals surface area contributed by atoms with Gasteiger partial charge in [-0.2, -0.15) is 4.98 Å². The monoisotopic (exact) mass is 348 g/mol. The predicted octanol–water partition coefficient (Wildman–Crippen LogP) is 3.36. The Morgan fingerprint density at radius 2 is 1.62 bits per heavy atom. The Morgan fingerprint density at radius 3 is 2.35 bits per heavy atom. The molecule has 1 fully saturated rings. The molecule has 3 aromatic rings. The van der Waals surface area contributed by atoms with E-state index in [9.17, 15) is 0 Å². The van der Waals surface area contributed by atoms with Crippen LogP contribution in [-0.2, 0) is 13.1 Å². The topological polar surface area (TPSA) is 45.4 Å². The van der Waals surface area contributed by atoms with Gasteiger partial charge in [0.1, 0.15) is 0 Å². The Hall–Kier alpha value is -2.50. The number of benzene rings is 2. The highest BCUT2D eigenvalue weighted by atomic mass is 16.5. The van der Waals surface area contributed by atoms with Gasteiger partial charge in [-0.25, -0.2) is 0 Å². The molecule has 5 nitrogen and oxygen atoms in total. The fourth-order valence-corrected chi connectivity index (χ4v) is 3.36. The summed E-state index contributed by atoms with van der Waals surface area (Å²) in [5.41, 5.74) is 3.58. The quantitative estimate of drug-likeness (QED) is 0.707. The molecule has 0 saturated carbocycles. The molecule has 26 heavy (non-hydrogen) atoms. The van der Waals surface area contributed by atoms with E-state index >= 15 is 0 Å². The fourth-order valence-electron chi connectivity index (χ4n) is 3.36. The lowest BCUT2D eigenvalue weighted by Gasteiger charge is -2.33. The summed E-state index contributed by atoms with van der Waals surface area (Å²) in [6.07, 6.45) is 0. The lowest BCUT2D eigenvalue weighted by Crippen LogP contribution is -2.45. The summed E-state index contributed by atoms with van der Waals surface area (Å²) in [5.74, 6) is 1.37. The van der Waals surface area contributed by atoms with Gasteiger partial charge in [0.25, 0.3) is 0 Å². The molecule has 0 aliphatic carbocycles. The van der Waals surface area contributed by atoms with Gasteiger partial charge in [0.05, 0.1) is 6.54 Å². The Balaban J connectivity index is 1.31. The van der Waals surface area contributed by atoms with Crippen molar-refractivity contribution in [3.05, 3.63) is 71.6 Å². The van der Waals surface area contributed by atoms with Crippen molar-refractivity contribution in [2.24, 2.45) is 0 Å². The first kappa shape index (κ1) is 16.9. The second kappa shape index (κ2) is 7.81. The minimum atomic E-state index is 0.673. The van der Waals surface area contributed by atoms with Gasteiger partial charge in [-0.05, 0) is 18.6 Å². The lowest BCUT2D eigenvalue weighted by atomic mass is 10.1. The second-order valence-electron chi connectivity index (χ2n) is 6.92. The zero-order chi connectivity index (χ0) is 17.8. The Bertz CT molecular complexity index is 838. The van der Waals surface area contributed by atoms with E-state index in [-0.39, 0.29) is 0 Å². The van der Waals surface area contributed by atoms with Crippen LogP contribution in [-0.4, -0.2) is 46.1 Å². The van der Waals surface area contributed by atoms with Gasteiger partial charge in [0.15, 0.2) is 0 Å². The van der Waals surface area contributed by atoms with Crippen molar-refractivity contribution in [1.82, 2.24) is 19.9 Å². The summed E-state index contributed by atoms with van der Waals surface area (Å²) >= 11 is 0. The van der Waals surface area contributed by atoms with E-state index in [0.29, 0.717) is 11.7 Å². The number of rotatable bonds is 5. The van der Waals surface area contributed by atoms with E-state index in [2.05, 4.69) is 69.3 Å². The lowest BCUT2D eigenvalue weighted by molar-refractivity contribution is 0.112. The summed E-state index contributed by atoms with van der Waals surface area (Å²) < 4.78 is 5.47. The van der Waals surface area contributed by atoms with Crippen LogP contribution in [0.2, 0.25) is 0 Å². The van der Waals surface area contributed by atoms with Crippen LogP contribution in [0.4, 0.5) is 0 Å². The molecule has 0 N–H and O–H groups in total. The molecule has 134 valence electrons. The summed E-state index contributed by atoms with van der Waals surface area (Å²) in [6, 6.07) is 18.8. The molecule has 0 bridgehead atoms.